The maximum atomic E-state index is 5.76. The molecule has 0 aromatic heterocycles. The van der Waals surface area contributed by atoms with Crippen LogP contribution < -0.4 is 11.5 Å². The fraction of sp³-hybridized carbons (Fsp3) is 1.00. The van der Waals surface area contributed by atoms with E-state index in [0.29, 0.717) is 12.1 Å². The molecule has 12 heavy (non-hydrogen) atoms. The van der Waals surface area contributed by atoms with Crippen molar-refractivity contribution in [2.75, 3.05) is 0 Å². The summed E-state index contributed by atoms with van der Waals surface area (Å²) in [6.07, 6.45) is 0. The van der Waals surface area contributed by atoms with Crippen molar-refractivity contribution >= 4 is 26.9 Å². The first kappa shape index (κ1) is 13.4. The van der Waals surface area contributed by atoms with E-state index in [1.807, 2.05) is 0 Å². The summed E-state index contributed by atoms with van der Waals surface area (Å²) in [7, 11) is 8.83. The van der Waals surface area contributed by atoms with Crippen LogP contribution in [0.1, 0.15) is 0 Å². The van der Waals surface area contributed by atoms with Crippen molar-refractivity contribution in [1.82, 2.24) is 0 Å². The standard InChI is InChI=1S/C6H16N2Si.2ClH.Pt/c1-9(2)3-5(7)6(8)4-9;;;/h5-6H,3-4,7-8H2,1-2H3;2*1H;/q;;;+2/p-2/t5-,6-;;;/m1.../s1. The van der Waals surface area contributed by atoms with Gasteiger partial charge in [-0.05, 0) is 12.1 Å². The Morgan fingerprint density at radius 2 is 1.42 bits per heavy atom. The SMILES string of the molecule is C[Si]1(C)C[C@@H](N)[C@H](N)C1.[Cl][Pt][Cl]. The van der Waals surface area contributed by atoms with Gasteiger partial charge in [0.25, 0.3) is 0 Å². The molecule has 2 nitrogen and oxygen atoms in total. The van der Waals surface area contributed by atoms with Gasteiger partial charge in [-0.2, -0.15) is 0 Å². The van der Waals surface area contributed by atoms with Gasteiger partial charge in [0.2, 0.25) is 0 Å². The van der Waals surface area contributed by atoms with Gasteiger partial charge in [0.15, 0.2) is 0 Å². The van der Waals surface area contributed by atoms with E-state index in [2.05, 4.69) is 13.1 Å². The monoisotopic (exact) mass is 409 g/mol. The molecule has 78 valence electrons. The minimum absolute atomic E-state index is 0.298. The summed E-state index contributed by atoms with van der Waals surface area (Å²) in [5.74, 6) is 0. The molecule has 0 bridgehead atoms. The molecule has 0 aromatic rings. The molecule has 6 heteroatoms. The summed E-state index contributed by atoms with van der Waals surface area (Å²) < 4.78 is 0. The Balaban J connectivity index is 0.000000354. The van der Waals surface area contributed by atoms with E-state index in [9.17, 15) is 0 Å². The van der Waals surface area contributed by atoms with Crippen LogP contribution in [0.3, 0.4) is 0 Å². The third kappa shape index (κ3) is 5.20. The number of hydrogen-bond acceptors (Lipinski definition) is 2. The number of rotatable bonds is 0. The van der Waals surface area contributed by atoms with E-state index in [0.717, 1.165) is 0 Å². The maximum absolute atomic E-state index is 5.76. The van der Waals surface area contributed by atoms with Gasteiger partial charge < -0.3 is 11.5 Å². The first-order valence-corrected chi connectivity index (χ1v) is 12.8. The average molecular weight is 410 g/mol. The molecule has 1 heterocycles. The van der Waals surface area contributed by atoms with Crippen LogP contribution in [0.25, 0.3) is 0 Å². The van der Waals surface area contributed by atoms with Crippen LogP contribution in [0.2, 0.25) is 25.2 Å². The third-order valence-corrected chi connectivity index (χ3v) is 5.28. The Morgan fingerprint density at radius 3 is 1.50 bits per heavy atom. The van der Waals surface area contributed by atoms with Crippen LogP contribution in [-0.4, -0.2) is 20.2 Å². The van der Waals surface area contributed by atoms with Crippen LogP contribution in [0, 0.1) is 0 Å². The Kier molecular flexibility index (Phi) is 6.70. The molecule has 4 N–H and O–H groups in total. The predicted octanol–water partition coefficient (Wildman–Crippen LogP) is 1.74. The van der Waals surface area contributed by atoms with Crippen molar-refractivity contribution in [2.45, 2.75) is 37.3 Å². The molecular formula is C6H16Cl2N2PtSi. The molecule has 0 aromatic carbocycles. The number of halogens is 2. The van der Waals surface area contributed by atoms with E-state index < -0.39 is 24.6 Å². The molecule has 1 saturated heterocycles. The zero-order valence-electron chi connectivity index (χ0n) is 7.30. The second kappa shape index (κ2) is 6.00. The van der Waals surface area contributed by atoms with Gasteiger partial charge in [-0.25, -0.2) is 0 Å². The first-order chi connectivity index (χ1) is 5.43. The van der Waals surface area contributed by atoms with Gasteiger partial charge in [-0.3, -0.25) is 0 Å². The number of nitrogens with two attached hydrogens (primary N) is 2. The van der Waals surface area contributed by atoms with E-state index in [4.69, 9.17) is 30.3 Å². The fourth-order valence-corrected chi connectivity index (χ4v) is 4.99. The van der Waals surface area contributed by atoms with Crippen LogP contribution in [0.5, 0.6) is 0 Å². The van der Waals surface area contributed by atoms with Crippen LogP contribution in [0.4, 0.5) is 0 Å². The predicted molar refractivity (Wildman–Crippen MR) is 54.8 cm³/mol. The molecular weight excluding hydrogens is 394 g/mol. The first-order valence-electron chi connectivity index (χ1n) is 3.76. The van der Waals surface area contributed by atoms with Crippen molar-refractivity contribution in [3.05, 3.63) is 0 Å². The summed E-state index contributed by atoms with van der Waals surface area (Å²) in [4.78, 5) is 0. The van der Waals surface area contributed by atoms with Crippen LogP contribution in [-0.2, 0) is 16.5 Å². The van der Waals surface area contributed by atoms with Crippen molar-refractivity contribution in [3.8, 4) is 0 Å². The van der Waals surface area contributed by atoms with E-state index in [-0.39, 0.29) is 0 Å². The average Bonchev–Trinajstić information content (AvgIpc) is 2.06. The minimum atomic E-state index is -0.916. The van der Waals surface area contributed by atoms with Crippen molar-refractivity contribution in [1.29, 1.82) is 0 Å². The summed E-state index contributed by atoms with van der Waals surface area (Å²) in [6, 6.07) is 3.03. The van der Waals surface area contributed by atoms with Gasteiger partial charge in [0, 0.05) is 12.1 Å². The summed E-state index contributed by atoms with van der Waals surface area (Å²) in [5.41, 5.74) is 11.5. The zero-order chi connectivity index (χ0) is 9.78. The molecule has 1 rings (SSSR count). The Morgan fingerprint density at radius 1 is 1.17 bits per heavy atom. The summed E-state index contributed by atoms with van der Waals surface area (Å²) in [6.45, 7) is 4.72. The quantitative estimate of drug-likeness (QED) is 0.598. The molecule has 1 aliphatic rings. The Labute approximate surface area is 91.8 Å². The Bertz CT molecular complexity index is 125. The molecule has 0 amide bonds. The van der Waals surface area contributed by atoms with E-state index in [1.165, 1.54) is 12.1 Å². The third-order valence-electron chi connectivity index (χ3n) is 2.13. The Hall–Kier alpha value is 1.41. The molecule has 2 atom stereocenters. The molecule has 0 spiro atoms. The van der Waals surface area contributed by atoms with Crippen molar-refractivity contribution < 1.29 is 16.5 Å². The van der Waals surface area contributed by atoms with E-state index >= 15 is 0 Å². The van der Waals surface area contributed by atoms with Gasteiger partial charge >= 0.3 is 35.3 Å². The van der Waals surface area contributed by atoms with Gasteiger partial charge in [0.1, 0.15) is 0 Å². The second-order valence-electron chi connectivity index (χ2n) is 3.95. The van der Waals surface area contributed by atoms with Crippen molar-refractivity contribution in [2.24, 2.45) is 11.5 Å². The summed E-state index contributed by atoms with van der Waals surface area (Å²) >= 11 is -0.472. The van der Waals surface area contributed by atoms with Crippen LogP contribution in [0.15, 0.2) is 0 Å². The number of hydrogen-bond donors (Lipinski definition) is 2. The topological polar surface area (TPSA) is 52.0 Å². The zero-order valence-corrected chi connectivity index (χ0v) is 12.1. The molecule has 1 fully saturated rings. The second-order valence-corrected chi connectivity index (χ2v) is 12.4. The molecule has 0 saturated carbocycles. The van der Waals surface area contributed by atoms with Gasteiger partial charge in [-0.15, -0.1) is 0 Å². The van der Waals surface area contributed by atoms with Crippen LogP contribution >= 0.6 is 18.8 Å². The summed E-state index contributed by atoms with van der Waals surface area (Å²) in [5, 5.41) is 0. The molecule has 0 unspecified atom stereocenters. The van der Waals surface area contributed by atoms with Gasteiger partial charge in [0.05, 0.1) is 8.07 Å². The molecule has 1 aliphatic heterocycles. The molecule has 0 aliphatic carbocycles. The normalized spacial score (nSPS) is 32.8. The molecule has 0 radical (unpaired) electrons. The fourth-order valence-electron chi connectivity index (χ4n) is 1.66. The van der Waals surface area contributed by atoms with E-state index in [1.54, 1.807) is 0 Å². The van der Waals surface area contributed by atoms with Crippen molar-refractivity contribution in [3.63, 3.8) is 0 Å². The van der Waals surface area contributed by atoms with Gasteiger partial charge in [-0.1, -0.05) is 13.1 Å².